The lowest BCUT2D eigenvalue weighted by Crippen LogP contribution is -2.12. The fraction of sp³-hybridized carbons (Fsp3) is 0.0385. The number of aromatic carboxylic acids is 1. The second-order valence-electron chi connectivity index (χ2n) is 7.12. The predicted octanol–water partition coefficient (Wildman–Crippen LogP) is 5.83. The minimum atomic E-state index is -1.28. The van der Waals surface area contributed by atoms with E-state index < -0.39 is 23.6 Å². The number of azo groups is 1. The average molecular weight is 471 g/mol. The van der Waals surface area contributed by atoms with Crippen LogP contribution >= 0.6 is 0 Å². The minimum Gasteiger partial charge on any atom is -0.505 e. The van der Waals surface area contributed by atoms with Crippen LogP contribution in [0, 0.1) is 0 Å². The fourth-order valence-electron chi connectivity index (χ4n) is 3.21. The van der Waals surface area contributed by atoms with Gasteiger partial charge in [-0.05, 0) is 42.0 Å². The largest absolute Gasteiger partial charge is 0.505 e. The zero-order valence-corrected chi connectivity index (χ0v) is 18.7. The molecule has 0 aliphatic carbocycles. The van der Waals surface area contributed by atoms with Crippen LogP contribution in [-0.4, -0.2) is 35.2 Å². The predicted molar refractivity (Wildman–Crippen MR) is 132 cm³/mol. The summed E-state index contributed by atoms with van der Waals surface area (Å²) in [5.74, 6) is -3.10. The van der Waals surface area contributed by atoms with E-state index in [1.165, 1.54) is 30.4 Å². The lowest BCUT2D eigenvalue weighted by atomic mass is 9.99. The standard InChI is InChI=1S/C26H21N3O6/c1-4-15-14-21(24(31)27-18-9-7-6-8-10-18)23(30)22(20(15)5-2)29-28-19-12-16(25(32)33)11-17(13-19)26(34)35-3/h4-14,30H,1-2H2,3H3,(H,27,31)(H,32,33). The Kier molecular flexibility index (Phi) is 7.53. The number of esters is 1. The van der Waals surface area contributed by atoms with Crippen molar-refractivity contribution in [2.75, 3.05) is 12.4 Å². The van der Waals surface area contributed by atoms with Gasteiger partial charge in [-0.2, -0.15) is 5.11 Å². The normalized spacial score (nSPS) is 10.5. The number of ether oxygens (including phenoxy) is 1. The van der Waals surface area contributed by atoms with Gasteiger partial charge in [0.15, 0.2) is 5.75 Å². The maximum atomic E-state index is 12.9. The molecule has 35 heavy (non-hydrogen) atoms. The van der Waals surface area contributed by atoms with Gasteiger partial charge in [0.05, 0.1) is 29.5 Å². The summed E-state index contributed by atoms with van der Waals surface area (Å²) >= 11 is 0. The Hall–Kier alpha value is -5.05. The molecule has 0 spiro atoms. The Balaban J connectivity index is 2.11. The molecule has 0 aliphatic rings. The van der Waals surface area contributed by atoms with Gasteiger partial charge in [-0.3, -0.25) is 4.79 Å². The summed E-state index contributed by atoms with van der Waals surface area (Å²) in [6.45, 7) is 7.46. The number of anilines is 1. The third-order valence-corrected chi connectivity index (χ3v) is 4.90. The second-order valence-corrected chi connectivity index (χ2v) is 7.12. The van der Waals surface area contributed by atoms with Crippen LogP contribution < -0.4 is 5.32 Å². The molecule has 3 rings (SSSR count). The molecule has 0 fully saturated rings. The Morgan fingerprint density at radius 1 is 0.971 bits per heavy atom. The zero-order chi connectivity index (χ0) is 25.5. The van der Waals surface area contributed by atoms with Crippen LogP contribution in [0.25, 0.3) is 12.2 Å². The molecule has 9 heteroatoms. The molecule has 0 atom stereocenters. The number of phenolic OH excluding ortho intramolecular Hbond substituents is 1. The summed E-state index contributed by atoms with van der Waals surface area (Å²) < 4.78 is 4.65. The molecule has 0 heterocycles. The Morgan fingerprint density at radius 2 is 1.66 bits per heavy atom. The number of benzene rings is 3. The number of carboxylic acid groups (broad SMARTS) is 1. The molecule has 0 bridgehead atoms. The average Bonchev–Trinajstić information content (AvgIpc) is 2.87. The molecular formula is C26H21N3O6. The molecular weight excluding hydrogens is 450 g/mol. The van der Waals surface area contributed by atoms with E-state index in [4.69, 9.17) is 0 Å². The maximum absolute atomic E-state index is 12.9. The van der Waals surface area contributed by atoms with Gasteiger partial charge >= 0.3 is 11.9 Å². The number of para-hydroxylation sites is 1. The van der Waals surface area contributed by atoms with E-state index in [-0.39, 0.29) is 28.1 Å². The Bertz CT molecular complexity index is 1360. The molecule has 9 nitrogen and oxygen atoms in total. The zero-order valence-electron chi connectivity index (χ0n) is 18.7. The minimum absolute atomic E-state index is 0.0130. The highest BCUT2D eigenvalue weighted by molar-refractivity contribution is 6.08. The Morgan fingerprint density at radius 3 is 2.26 bits per heavy atom. The monoisotopic (exact) mass is 471 g/mol. The quantitative estimate of drug-likeness (QED) is 0.279. The van der Waals surface area contributed by atoms with Crippen molar-refractivity contribution in [2.24, 2.45) is 10.2 Å². The molecule has 0 aromatic heterocycles. The summed E-state index contributed by atoms with van der Waals surface area (Å²) in [5.41, 5.74) is 0.913. The third-order valence-electron chi connectivity index (χ3n) is 4.90. The van der Waals surface area contributed by atoms with Crippen LogP contribution in [0.1, 0.15) is 42.2 Å². The smallest absolute Gasteiger partial charge is 0.337 e. The van der Waals surface area contributed by atoms with Crippen LogP contribution in [0.5, 0.6) is 5.75 Å². The number of phenols is 1. The molecule has 3 aromatic carbocycles. The van der Waals surface area contributed by atoms with Gasteiger partial charge in [-0.1, -0.05) is 43.5 Å². The third kappa shape index (κ3) is 5.48. The lowest BCUT2D eigenvalue weighted by molar-refractivity contribution is 0.0600. The van der Waals surface area contributed by atoms with Crippen molar-refractivity contribution < 1.29 is 29.3 Å². The van der Waals surface area contributed by atoms with Crippen molar-refractivity contribution in [1.82, 2.24) is 0 Å². The number of carboxylic acids is 1. The molecule has 0 radical (unpaired) electrons. The molecule has 1 amide bonds. The first-order valence-corrected chi connectivity index (χ1v) is 10.2. The first-order valence-electron chi connectivity index (χ1n) is 10.2. The number of carbonyl (C=O) groups is 3. The van der Waals surface area contributed by atoms with Gasteiger partial charge in [0, 0.05) is 11.3 Å². The van der Waals surface area contributed by atoms with E-state index in [2.05, 4.69) is 33.4 Å². The fourth-order valence-corrected chi connectivity index (χ4v) is 3.21. The van der Waals surface area contributed by atoms with Crippen LogP contribution in [0.15, 0.2) is 78.0 Å². The summed E-state index contributed by atoms with van der Waals surface area (Å²) in [7, 11) is 1.16. The van der Waals surface area contributed by atoms with E-state index in [1.807, 2.05) is 0 Å². The maximum Gasteiger partial charge on any atom is 0.337 e. The van der Waals surface area contributed by atoms with Crippen LogP contribution in [-0.2, 0) is 4.74 Å². The number of methoxy groups -OCH3 is 1. The van der Waals surface area contributed by atoms with Crippen molar-refractivity contribution in [3.63, 3.8) is 0 Å². The highest BCUT2D eigenvalue weighted by Crippen LogP contribution is 2.39. The Labute approximate surface area is 200 Å². The molecule has 3 aromatic rings. The van der Waals surface area contributed by atoms with Crippen molar-refractivity contribution in [3.05, 3.63) is 95.6 Å². The number of hydrogen-bond donors (Lipinski definition) is 3. The number of nitrogens with one attached hydrogen (secondary N) is 1. The number of aromatic hydroxyl groups is 1. The van der Waals surface area contributed by atoms with E-state index in [0.717, 1.165) is 13.2 Å². The van der Waals surface area contributed by atoms with Gasteiger partial charge in [0.25, 0.3) is 5.91 Å². The number of hydrogen-bond acceptors (Lipinski definition) is 7. The molecule has 0 saturated carbocycles. The van der Waals surface area contributed by atoms with Crippen molar-refractivity contribution in [3.8, 4) is 5.75 Å². The van der Waals surface area contributed by atoms with Crippen molar-refractivity contribution in [1.29, 1.82) is 0 Å². The number of carbonyl (C=O) groups excluding carboxylic acids is 2. The first-order chi connectivity index (χ1) is 16.8. The number of nitrogens with zero attached hydrogens (tertiary/aromatic N) is 2. The first kappa shape index (κ1) is 24.6. The number of rotatable bonds is 8. The summed E-state index contributed by atoms with van der Waals surface area (Å²) in [5, 5.41) is 31.0. The molecule has 0 aliphatic heterocycles. The van der Waals surface area contributed by atoms with Gasteiger partial charge in [-0.15, -0.1) is 5.11 Å². The van der Waals surface area contributed by atoms with E-state index in [1.54, 1.807) is 30.3 Å². The summed E-state index contributed by atoms with van der Waals surface area (Å²) in [4.78, 5) is 36.3. The summed E-state index contributed by atoms with van der Waals surface area (Å²) in [6, 6.07) is 13.7. The van der Waals surface area contributed by atoms with E-state index in [0.29, 0.717) is 16.8 Å². The van der Waals surface area contributed by atoms with Gasteiger partial charge < -0.3 is 20.3 Å². The SMILES string of the molecule is C=Cc1cc(C(=O)Nc2ccccc2)c(O)c(N=Nc2cc(C(=O)O)cc(C(=O)OC)c2)c1C=C. The van der Waals surface area contributed by atoms with Gasteiger partial charge in [0.2, 0.25) is 0 Å². The van der Waals surface area contributed by atoms with Crippen LogP contribution in [0.3, 0.4) is 0 Å². The van der Waals surface area contributed by atoms with Gasteiger partial charge in [-0.25, -0.2) is 9.59 Å². The second kappa shape index (κ2) is 10.7. The van der Waals surface area contributed by atoms with Crippen LogP contribution in [0.2, 0.25) is 0 Å². The van der Waals surface area contributed by atoms with Crippen molar-refractivity contribution in [2.45, 2.75) is 0 Å². The molecule has 176 valence electrons. The highest BCUT2D eigenvalue weighted by atomic mass is 16.5. The van der Waals surface area contributed by atoms with Crippen LogP contribution in [0.4, 0.5) is 17.1 Å². The topological polar surface area (TPSA) is 138 Å². The molecule has 0 unspecified atom stereocenters. The van der Waals surface area contributed by atoms with E-state index >= 15 is 0 Å². The molecule has 3 N–H and O–H groups in total. The number of amides is 1. The van der Waals surface area contributed by atoms with E-state index in [9.17, 15) is 24.6 Å². The highest BCUT2D eigenvalue weighted by Gasteiger charge is 2.20. The lowest BCUT2D eigenvalue weighted by Gasteiger charge is -2.13. The van der Waals surface area contributed by atoms with Crippen molar-refractivity contribution >= 4 is 47.1 Å². The molecule has 0 saturated heterocycles. The van der Waals surface area contributed by atoms with Gasteiger partial charge in [0.1, 0.15) is 5.69 Å². The summed E-state index contributed by atoms with van der Waals surface area (Å²) in [6.07, 6.45) is 2.88.